The van der Waals surface area contributed by atoms with Gasteiger partial charge in [0.15, 0.2) is 0 Å². The Labute approximate surface area is 304 Å². The highest BCUT2D eigenvalue weighted by Crippen LogP contribution is 2.12. The van der Waals surface area contributed by atoms with E-state index in [-0.39, 0.29) is 0 Å². The molecule has 0 radical (unpaired) electrons. The number of aromatic amines is 6. The topological polar surface area (TPSA) is 144 Å². The molecule has 6 aromatic rings. The fraction of sp³-hybridized carbons (Fsp3) is 0. The number of hydrogen-bond acceptors (Lipinski definition) is 4. The van der Waals surface area contributed by atoms with Crippen LogP contribution in [0, 0.1) is 21.4 Å². The maximum Gasteiger partial charge on any atom is 0.0872 e. The molecule has 54 heavy (non-hydrogen) atoms. The first-order valence-corrected chi connectivity index (χ1v) is 17.7. The zero-order chi connectivity index (χ0) is 35.6. The Morgan fingerprint density at radius 1 is 0.241 bits per heavy atom. The first kappa shape index (κ1) is 30.0. The molecule has 11 rings (SSSR count). The van der Waals surface area contributed by atoms with Crippen molar-refractivity contribution < 1.29 is 0 Å². The Bertz CT molecular complexity index is 3360. The van der Waals surface area contributed by atoms with Gasteiger partial charge in [-0.1, -0.05) is 0 Å². The molecule has 0 fully saturated rings. The smallest absolute Gasteiger partial charge is 0.0872 e. The maximum atomic E-state index is 4.88. The van der Waals surface area contributed by atoms with Crippen LogP contribution in [0.15, 0.2) is 141 Å². The van der Waals surface area contributed by atoms with E-state index < -0.39 is 0 Å². The molecular weight excluding hydrogens is 669 g/mol. The number of nitrogens with one attached hydrogen (secondary N) is 6. The zero-order valence-electron chi connectivity index (χ0n) is 28.6. The minimum Gasteiger partial charge on any atom is -0.354 e. The minimum atomic E-state index is 0.871. The largest absolute Gasteiger partial charge is 0.354 e. The molecule has 256 valence electrons. The Morgan fingerprint density at radius 3 is 0.833 bits per heavy atom. The van der Waals surface area contributed by atoms with Gasteiger partial charge in [-0.15, -0.1) is 0 Å². The number of hydrogen-bond donors (Lipinski definition) is 6. The lowest BCUT2D eigenvalue weighted by atomic mass is 10.3. The van der Waals surface area contributed by atoms with Crippen molar-refractivity contribution in [3.63, 3.8) is 0 Å². The van der Waals surface area contributed by atoms with Crippen molar-refractivity contribution >= 4 is 69.9 Å². The lowest BCUT2D eigenvalue weighted by molar-refractivity contribution is 1.17. The van der Waals surface area contributed by atoms with Crippen molar-refractivity contribution in [1.82, 2.24) is 29.9 Å². The molecule has 0 aromatic carbocycles. The van der Waals surface area contributed by atoms with Crippen LogP contribution >= 0.6 is 0 Å². The highest BCUT2D eigenvalue weighted by Gasteiger charge is 2.08. The molecule has 0 saturated carbocycles. The molecule has 0 amide bonds. The van der Waals surface area contributed by atoms with Crippen LogP contribution in [-0.4, -0.2) is 52.8 Å². The van der Waals surface area contributed by atoms with Gasteiger partial charge in [0, 0.05) is 21.4 Å². The third kappa shape index (κ3) is 5.55. The van der Waals surface area contributed by atoms with Gasteiger partial charge in [-0.2, -0.15) is 0 Å². The summed E-state index contributed by atoms with van der Waals surface area (Å²) in [4.78, 5) is 40.6. The van der Waals surface area contributed by atoms with E-state index in [1.165, 1.54) is 0 Å². The molecule has 6 N–H and O–H groups in total. The van der Waals surface area contributed by atoms with Gasteiger partial charge >= 0.3 is 0 Å². The summed E-state index contributed by atoms with van der Waals surface area (Å²) >= 11 is 0. The standard InChI is InChI=1S/C44H30N10/c1-9-33-34-10-2-26(46-34)22-30-6-14-39(50-30)43-19-20-44(54-43)40-16-8-32(52-40)24-28-4-12-36(48-28)35-11-3-27(47-35)23-31-7-15-38(51-31)42-18-17-41(53-42)37-13-5-29(49-37)21-25(1)45-33/h1-24,45,48,50-51,53-54H. The van der Waals surface area contributed by atoms with E-state index in [0.29, 0.717) is 0 Å². The second-order valence-electron chi connectivity index (χ2n) is 13.5. The Morgan fingerprint density at radius 2 is 0.481 bits per heavy atom. The highest BCUT2D eigenvalue weighted by molar-refractivity contribution is 6.23. The first-order valence-electron chi connectivity index (χ1n) is 17.7. The van der Waals surface area contributed by atoms with Crippen molar-refractivity contribution in [3.8, 4) is 0 Å². The second-order valence-corrected chi connectivity index (χ2v) is 13.5. The second kappa shape index (κ2) is 11.9. The van der Waals surface area contributed by atoms with Gasteiger partial charge in [-0.25, -0.2) is 20.0 Å². The van der Waals surface area contributed by atoms with Gasteiger partial charge in [0.25, 0.3) is 0 Å². The van der Waals surface area contributed by atoms with Gasteiger partial charge in [0.1, 0.15) is 0 Å². The van der Waals surface area contributed by atoms with Gasteiger partial charge in [0.2, 0.25) is 0 Å². The molecule has 0 unspecified atom stereocenters. The molecule has 20 bridgehead atoms. The van der Waals surface area contributed by atoms with E-state index in [0.717, 1.165) is 110 Å². The van der Waals surface area contributed by atoms with Crippen LogP contribution in [0.4, 0.5) is 0 Å². The number of rotatable bonds is 0. The number of aromatic nitrogens is 6. The molecule has 5 aliphatic heterocycles. The number of nitrogens with zero attached hydrogens (tertiary/aromatic N) is 4. The normalized spacial score (nSPS) is 16.7. The predicted octanol–water partition coefficient (Wildman–Crippen LogP) is 0.941. The van der Waals surface area contributed by atoms with E-state index >= 15 is 0 Å². The molecule has 10 nitrogen and oxygen atoms in total. The SMILES string of the molecule is C1=CC2=c3ccc([nH]3)=CC3=NC(=c4ccc([nH]4)=c4ccc([nH]4)=CC4=NC(=c5ccc([nH]5)=CC5=NC(=c6ccc([nH]6)=c6ccc([nH]6)=CC1=N2)C=C5)C=C4)C=C3. The molecular formula is C44H30N10. The van der Waals surface area contributed by atoms with Crippen molar-refractivity contribution in [1.29, 1.82) is 0 Å². The molecule has 5 aliphatic rings. The van der Waals surface area contributed by atoms with Crippen molar-refractivity contribution in [3.05, 3.63) is 186 Å². The first-order chi connectivity index (χ1) is 26.6. The summed E-state index contributed by atoms with van der Waals surface area (Å²) in [5, 5.41) is 11.6. The van der Waals surface area contributed by atoms with Gasteiger partial charge in [0.05, 0.1) is 88.4 Å². The lowest BCUT2D eigenvalue weighted by Crippen LogP contribution is -2.12. The Hall–Kier alpha value is -7.72. The molecule has 0 atom stereocenters. The molecule has 11 heterocycles. The summed E-state index contributed by atoms with van der Waals surface area (Å²) < 4.78 is 0. The quantitative estimate of drug-likeness (QED) is 0.134. The average molecular weight is 699 g/mol. The van der Waals surface area contributed by atoms with E-state index in [2.05, 4.69) is 103 Å². The zero-order valence-corrected chi connectivity index (χ0v) is 28.6. The fourth-order valence-electron chi connectivity index (χ4n) is 7.07. The third-order valence-electron chi connectivity index (χ3n) is 9.75. The van der Waals surface area contributed by atoms with Crippen LogP contribution in [0.1, 0.15) is 0 Å². The van der Waals surface area contributed by atoms with Crippen LogP contribution in [0.2, 0.25) is 0 Å². The van der Waals surface area contributed by atoms with Crippen molar-refractivity contribution in [2.75, 3.05) is 0 Å². The molecule has 0 spiro atoms. The van der Waals surface area contributed by atoms with Gasteiger partial charge in [-0.3, -0.25) is 0 Å². The van der Waals surface area contributed by atoms with Gasteiger partial charge in [-0.05, 0) is 146 Å². The number of H-pyrrole nitrogens is 6. The minimum absolute atomic E-state index is 0.871. The van der Waals surface area contributed by atoms with Crippen LogP contribution in [-0.2, 0) is 0 Å². The third-order valence-corrected chi connectivity index (χ3v) is 9.75. The van der Waals surface area contributed by atoms with Crippen molar-refractivity contribution in [2.45, 2.75) is 0 Å². The monoisotopic (exact) mass is 698 g/mol. The predicted molar refractivity (Wildman–Crippen MR) is 215 cm³/mol. The lowest BCUT2D eigenvalue weighted by Gasteiger charge is -1.88. The number of fused-ring (bicyclic) bond motifs is 16. The molecule has 6 aromatic heterocycles. The molecule has 10 heteroatoms. The van der Waals surface area contributed by atoms with E-state index in [4.69, 9.17) is 20.0 Å². The van der Waals surface area contributed by atoms with Crippen LogP contribution < -0.4 is 42.8 Å². The van der Waals surface area contributed by atoms with Crippen LogP contribution in [0.25, 0.3) is 47.1 Å². The van der Waals surface area contributed by atoms with Gasteiger partial charge < -0.3 is 29.9 Å². The average Bonchev–Trinajstić information content (AvgIpc) is 3.99. The number of allylic oxidation sites excluding steroid dienone is 4. The molecule has 0 saturated heterocycles. The summed E-state index contributed by atoms with van der Waals surface area (Å²) in [6, 6.07) is 24.7. The summed E-state index contributed by atoms with van der Waals surface area (Å²) in [5.41, 5.74) is 7.01. The summed E-state index contributed by atoms with van der Waals surface area (Å²) in [5.74, 6) is 0. The Balaban J connectivity index is 1.05. The highest BCUT2D eigenvalue weighted by atomic mass is 14.9. The van der Waals surface area contributed by atoms with Crippen LogP contribution in [0.3, 0.4) is 0 Å². The van der Waals surface area contributed by atoms with Crippen molar-refractivity contribution in [2.24, 2.45) is 20.0 Å². The van der Waals surface area contributed by atoms with Crippen LogP contribution in [0.5, 0.6) is 0 Å². The fourth-order valence-corrected chi connectivity index (χ4v) is 7.07. The Kier molecular flexibility index (Phi) is 6.62. The summed E-state index contributed by atoms with van der Waals surface area (Å²) in [6.45, 7) is 0. The summed E-state index contributed by atoms with van der Waals surface area (Å²) in [7, 11) is 0. The summed E-state index contributed by atoms with van der Waals surface area (Å²) in [6.07, 6.45) is 24.4. The van der Waals surface area contributed by atoms with E-state index in [1.54, 1.807) is 0 Å². The number of aliphatic imine (C=N–C) groups is 4. The maximum absolute atomic E-state index is 4.88. The molecule has 0 aliphatic carbocycles. The van der Waals surface area contributed by atoms with E-state index in [9.17, 15) is 0 Å². The van der Waals surface area contributed by atoms with E-state index in [1.807, 2.05) is 72.9 Å².